The first-order valence-corrected chi connectivity index (χ1v) is 4.33. The molecule has 0 bridgehead atoms. The van der Waals surface area contributed by atoms with Gasteiger partial charge in [-0.1, -0.05) is 13.8 Å². The van der Waals surface area contributed by atoms with Crippen molar-refractivity contribution >= 4 is 5.95 Å². The fraction of sp³-hybridized carbons (Fsp3) is 0.750. The number of hydrogen-bond acceptors (Lipinski definition) is 5. The van der Waals surface area contributed by atoms with Gasteiger partial charge in [-0.3, -0.25) is 0 Å². The van der Waals surface area contributed by atoms with Gasteiger partial charge in [-0.2, -0.15) is 4.98 Å². The summed E-state index contributed by atoms with van der Waals surface area (Å²) in [5, 5.41) is 6.99. The summed E-state index contributed by atoms with van der Waals surface area (Å²) in [4.78, 5) is 5.98. The fourth-order valence-electron chi connectivity index (χ4n) is 0.791. The van der Waals surface area contributed by atoms with Gasteiger partial charge in [0.1, 0.15) is 0 Å². The van der Waals surface area contributed by atoms with Gasteiger partial charge in [-0.15, -0.1) is 0 Å². The third-order valence-electron chi connectivity index (χ3n) is 1.52. The number of rotatable bonds is 4. The van der Waals surface area contributed by atoms with Crippen molar-refractivity contribution in [2.45, 2.75) is 26.4 Å². The molecule has 0 atom stereocenters. The standard InChI is InChI=1S/C8H16N4O/c1-6(2)9-5-7-10-8(11-13-7)12(3)4/h6,9H,5H2,1-4H3. The molecule has 5 heteroatoms. The summed E-state index contributed by atoms with van der Waals surface area (Å²) in [6.07, 6.45) is 0. The fourth-order valence-corrected chi connectivity index (χ4v) is 0.791. The topological polar surface area (TPSA) is 54.2 Å². The predicted octanol–water partition coefficient (Wildman–Crippen LogP) is 0.634. The second-order valence-electron chi connectivity index (χ2n) is 3.42. The van der Waals surface area contributed by atoms with Gasteiger partial charge >= 0.3 is 0 Å². The van der Waals surface area contributed by atoms with E-state index >= 15 is 0 Å². The molecule has 0 unspecified atom stereocenters. The van der Waals surface area contributed by atoms with Crippen LogP contribution in [0.2, 0.25) is 0 Å². The van der Waals surface area contributed by atoms with Gasteiger partial charge in [0.15, 0.2) is 0 Å². The molecule has 74 valence electrons. The zero-order chi connectivity index (χ0) is 9.84. The molecule has 1 rings (SSSR count). The molecule has 0 spiro atoms. The monoisotopic (exact) mass is 184 g/mol. The first-order valence-electron chi connectivity index (χ1n) is 4.33. The molecule has 0 aliphatic carbocycles. The van der Waals surface area contributed by atoms with Gasteiger partial charge in [0.05, 0.1) is 6.54 Å². The molecule has 0 saturated carbocycles. The summed E-state index contributed by atoms with van der Waals surface area (Å²) in [6.45, 7) is 4.77. The Balaban J connectivity index is 2.49. The Morgan fingerprint density at radius 2 is 2.15 bits per heavy atom. The molecule has 0 aliphatic heterocycles. The summed E-state index contributed by atoms with van der Waals surface area (Å²) < 4.78 is 5.01. The lowest BCUT2D eigenvalue weighted by molar-refractivity contribution is 0.361. The van der Waals surface area contributed by atoms with Crippen LogP contribution in [0.3, 0.4) is 0 Å². The summed E-state index contributed by atoms with van der Waals surface area (Å²) in [6, 6.07) is 0.426. The third-order valence-corrected chi connectivity index (χ3v) is 1.52. The van der Waals surface area contributed by atoms with Crippen LogP contribution in [0.15, 0.2) is 4.52 Å². The van der Waals surface area contributed by atoms with E-state index in [9.17, 15) is 0 Å². The minimum Gasteiger partial charge on any atom is -0.344 e. The Morgan fingerprint density at radius 1 is 1.46 bits per heavy atom. The lowest BCUT2D eigenvalue weighted by atomic mass is 10.4. The molecule has 1 aromatic heterocycles. The number of nitrogens with zero attached hydrogens (tertiary/aromatic N) is 3. The molecule has 1 aromatic rings. The highest BCUT2D eigenvalue weighted by Crippen LogP contribution is 2.04. The Hall–Kier alpha value is -1.10. The molecule has 0 radical (unpaired) electrons. The van der Waals surface area contributed by atoms with Crippen LogP contribution in [0.1, 0.15) is 19.7 Å². The molecule has 0 aromatic carbocycles. The largest absolute Gasteiger partial charge is 0.344 e. The van der Waals surface area contributed by atoms with Crippen LogP contribution < -0.4 is 10.2 Å². The van der Waals surface area contributed by atoms with E-state index in [4.69, 9.17) is 4.52 Å². The maximum absolute atomic E-state index is 5.01. The van der Waals surface area contributed by atoms with Crippen molar-refractivity contribution in [1.82, 2.24) is 15.5 Å². The Bertz CT molecular complexity index is 256. The minimum atomic E-state index is 0.426. The van der Waals surface area contributed by atoms with Gasteiger partial charge in [-0.25, -0.2) is 0 Å². The Labute approximate surface area is 78.1 Å². The molecule has 0 aliphatic rings. The quantitative estimate of drug-likeness (QED) is 0.744. The van der Waals surface area contributed by atoms with Crippen molar-refractivity contribution in [2.24, 2.45) is 0 Å². The van der Waals surface area contributed by atoms with Gasteiger partial charge in [-0.05, 0) is 5.16 Å². The lowest BCUT2D eigenvalue weighted by Crippen LogP contribution is -2.22. The van der Waals surface area contributed by atoms with Crippen LogP contribution in [0.4, 0.5) is 5.95 Å². The maximum Gasteiger partial charge on any atom is 0.265 e. The summed E-state index contributed by atoms with van der Waals surface area (Å²) >= 11 is 0. The summed E-state index contributed by atoms with van der Waals surface area (Å²) in [5.74, 6) is 1.23. The number of nitrogens with one attached hydrogen (secondary N) is 1. The average Bonchev–Trinajstić information content (AvgIpc) is 2.48. The first-order chi connectivity index (χ1) is 6.09. The first kappa shape index (κ1) is 9.98. The van der Waals surface area contributed by atoms with E-state index in [1.807, 2.05) is 19.0 Å². The van der Waals surface area contributed by atoms with Crippen molar-refractivity contribution < 1.29 is 4.52 Å². The molecule has 0 saturated heterocycles. The van der Waals surface area contributed by atoms with E-state index < -0.39 is 0 Å². The highest BCUT2D eigenvalue weighted by atomic mass is 16.5. The molecular weight excluding hydrogens is 168 g/mol. The van der Waals surface area contributed by atoms with Gasteiger partial charge in [0, 0.05) is 20.1 Å². The molecule has 0 amide bonds. The van der Waals surface area contributed by atoms with Crippen LogP contribution in [-0.4, -0.2) is 30.3 Å². The van der Waals surface area contributed by atoms with Crippen LogP contribution in [0, 0.1) is 0 Å². The zero-order valence-corrected chi connectivity index (χ0v) is 8.53. The predicted molar refractivity (Wildman–Crippen MR) is 50.6 cm³/mol. The maximum atomic E-state index is 5.01. The van der Waals surface area contributed by atoms with E-state index in [1.165, 1.54) is 0 Å². The third kappa shape index (κ3) is 3.02. The van der Waals surface area contributed by atoms with Gasteiger partial charge in [0.2, 0.25) is 5.89 Å². The normalized spacial score (nSPS) is 10.8. The van der Waals surface area contributed by atoms with E-state index in [-0.39, 0.29) is 0 Å². The van der Waals surface area contributed by atoms with Crippen LogP contribution >= 0.6 is 0 Å². The van der Waals surface area contributed by atoms with E-state index in [0.29, 0.717) is 24.4 Å². The second-order valence-corrected chi connectivity index (χ2v) is 3.42. The SMILES string of the molecule is CC(C)NCc1nc(N(C)C)no1. The number of aromatic nitrogens is 2. The zero-order valence-electron chi connectivity index (χ0n) is 8.53. The molecule has 13 heavy (non-hydrogen) atoms. The molecule has 0 fully saturated rings. The molecule has 1 heterocycles. The van der Waals surface area contributed by atoms with Gasteiger partial charge in [0.25, 0.3) is 5.95 Å². The summed E-state index contributed by atoms with van der Waals surface area (Å²) in [7, 11) is 3.76. The van der Waals surface area contributed by atoms with Crippen molar-refractivity contribution in [3.63, 3.8) is 0 Å². The van der Waals surface area contributed by atoms with E-state index in [2.05, 4.69) is 29.3 Å². The average molecular weight is 184 g/mol. The van der Waals surface area contributed by atoms with Crippen LogP contribution in [-0.2, 0) is 6.54 Å². The highest BCUT2D eigenvalue weighted by molar-refractivity contribution is 5.23. The molecule has 5 nitrogen and oxygen atoms in total. The Morgan fingerprint density at radius 3 is 2.62 bits per heavy atom. The van der Waals surface area contributed by atoms with E-state index in [0.717, 1.165) is 0 Å². The van der Waals surface area contributed by atoms with Crippen LogP contribution in [0.5, 0.6) is 0 Å². The number of anilines is 1. The van der Waals surface area contributed by atoms with Gasteiger partial charge < -0.3 is 14.7 Å². The second kappa shape index (κ2) is 4.23. The van der Waals surface area contributed by atoms with Crippen molar-refractivity contribution in [2.75, 3.05) is 19.0 Å². The smallest absolute Gasteiger partial charge is 0.265 e. The lowest BCUT2D eigenvalue weighted by Gasteiger charge is -2.04. The number of hydrogen-bond donors (Lipinski definition) is 1. The Kier molecular flexibility index (Phi) is 3.25. The van der Waals surface area contributed by atoms with Crippen LogP contribution in [0.25, 0.3) is 0 Å². The van der Waals surface area contributed by atoms with Crippen molar-refractivity contribution in [1.29, 1.82) is 0 Å². The molecule has 1 N–H and O–H groups in total. The highest BCUT2D eigenvalue weighted by Gasteiger charge is 2.06. The summed E-state index contributed by atoms with van der Waals surface area (Å²) in [5.41, 5.74) is 0. The molecular formula is C8H16N4O. The van der Waals surface area contributed by atoms with Crippen molar-refractivity contribution in [3.05, 3.63) is 5.89 Å². The minimum absolute atomic E-state index is 0.426. The van der Waals surface area contributed by atoms with E-state index in [1.54, 1.807) is 0 Å². The van der Waals surface area contributed by atoms with Crippen molar-refractivity contribution in [3.8, 4) is 0 Å².